The van der Waals surface area contributed by atoms with Gasteiger partial charge in [-0.2, -0.15) is 0 Å². The average Bonchev–Trinajstić information content (AvgIpc) is 2.92. The number of benzene rings is 1. The Morgan fingerprint density at radius 1 is 1.30 bits per heavy atom. The van der Waals surface area contributed by atoms with Crippen molar-refractivity contribution < 1.29 is 4.39 Å². The molecule has 1 atom stereocenters. The molecule has 0 amide bonds. The molecule has 1 aromatic carbocycles. The van der Waals surface area contributed by atoms with Gasteiger partial charge < -0.3 is 5.32 Å². The van der Waals surface area contributed by atoms with Crippen molar-refractivity contribution in [2.24, 2.45) is 0 Å². The van der Waals surface area contributed by atoms with Crippen molar-refractivity contribution in [2.75, 3.05) is 6.54 Å². The fourth-order valence-electron chi connectivity index (χ4n) is 1.94. The smallest absolute Gasteiger partial charge is 0.147 e. The maximum absolute atomic E-state index is 13.6. The second-order valence-electron chi connectivity index (χ2n) is 4.82. The quantitative estimate of drug-likeness (QED) is 0.871. The molecule has 20 heavy (non-hydrogen) atoms. The van der Waals surface area contributed by atoms with Crippen LogP contribution < -0.4 is 5.32 Å². The van der Waals surface area contributed by atoms with Crippen molar-refractivity contribution >= 4 is 11.3 Å². The van der Waals surface area contributed by atoms with Gasteiger partial charge in [0.1, 0.15) is 15.8 Å². The maximum atomic E-state index is 13.6. The van der Waals surface area contributed by atoms with Crippen LogP contribution >= 0.6 is 11.3 Å². The normalized spacial score (nSPS) is 12.6. The zero-order valence-corrected chi connectivity index (χ0v) is 12.9. The molecular weight excluding hydrogens is 273 g/mol. The minimum atomic E-state index is -0.199. The van der Waals surface area contributed by atoms with E-state index in [0.29, 0.717) is 5.56 Å². The molecule has 0 saturated heterocycles. The molecule has 2 rings (SSSR count). The minimum Gasteiger partial charge on any atom is -0.308 e. The molecule has 3 nitrogen and oxygen atoms in total. The number of nitrogens with one attached hydrogen (secondary N) is 1. The largest absolute Gasteiger partial charge is 0.308 e. The van der Waals surface area contributed by atoms with Crippen molar-refractivity contribution in [1.29, 1.82) is 0 Å². The Balaban J connectivity index is 2.20. The molecule has 0 fully saturated rings. The van der Waals surface area contributed by atoms with E-state index in [1.54, 1.807) is 13.0 Å². The summed E-state index contributed by atoms with van der Waals surface area (Å²) < 4.78 is 13.6. The van der Waals surface area contributed by atoms with Crippen molar-refractivity contribution in [2.45, 2.75) is 39.7 Å². The monoisotopic (exact) mass is 293 g/mol. The lowest BCUT2D eigenvalue weighted by atomic mass is 10.1. The van der Waals surface area contributed by atoms with E-state index in [9.17, 15) is 4.39 Å². The van der Waals surface area contributed by atoms with Gasteiger partial charge in [-0.1, -0.05) is 37.3 Å². The van der Waals surface area contributed by atoms with Crippen LogP contribution in [0, 0.1) is 12.7 Å². The summed E-state index contributed by atoms with van der Waals surface area (Å²) in [5.74, 6) is -0.199. The van der Waals surface area contributed by atoms with E-state index in [4.69, 9.17) is 0 Å². The molecule has 0 aliphatic carbocycles. The topological polar surface area (TPSA) is 37.8 Å². The predicted molar refractivity (Wildman–Crippen MR) is 81.4 cm³/mol. The zero-order valence-electron chi connectivity index (χ0n) is 12.1. The van der Waals surface area contributed by atoms with Crippen LogP contribution in [0.4, 0.5) is 4.39 Å². The van der Waals surface area contributed by atoms with E-state index in [-0.39, 0.29) is 11.9 Å². The highest BCUT2D eigenvalue weighted by molar-refractivity contribution is 7.14. The lowest BCUT2D eigenvalue weighted by Gasteiger charge is -2.12. The summed E-state index contributed by atoms with van der Waals surface area (Å²) in [5.41, 5.74) is 1.44. The molecule has 0 bridgehead atoms. The Labute approximate surface area is 123 Å². The Hall–Kier alpha value is -1.33. The van der Waals surface area contributed by atoms with E-state index in [2.05, 4.69) is 29.4 Å². The second-order valence-corrected chi connectivity index (χ2v) is 5.83. The van der Waals surface area contributed by atoms with Gasteiger partial charge in [-0.15, -0.1) is 10.2 Å². The molecule has 0 saturated carbocycles. The number of halogens is 1. The summed E-state index contributed by atoms with van der Waals surface area (Å²) in [5, 5.41) is 13.6. The van der Waals surface area contributed by atoms with Crippen LogP contribution in [0.3, 0.4) is 0 Å². The minimum absolute atomic E-state index is 0.199. The number of nitrogens with zero attached hydrogens (tertiary/aromatic N) is 2. The molecular formula is C15H20FN3S. The zero-order chi connectivity index (χ0) is 14.5. The number of aromatic nitrogens is 2. The Kier molecular flexibility index (Phi) is 5.20. The Morgan fingerprint density at radius 3 is 2.75 bits per heavy atom. The van der Waals surface area contributed by atoms with Gasteiger partial charge in [0.05, 0.1) is 6.04 Å². The molecule has 1 N–H and O–H groups in total. The van der Waals surface area contributed by atoms with E-state index < -0.39 is 0 Å². The first kappa shape index (κ1) is 15.1. The summed E-state index contributed by atoms with van der Waals surface area (Å²) in [6.45, 7) is 6.99. The molecule has 5 heteroatoms. The molecule has 0 spiro atoms. The number of aryl methyl sites for hydroxylation is 1. The molecule has 0 radical (unpaired) electrons. The summed E-state index contributed by atoms with van der Waals surface area (Å²) >= 11 is 1.53. The number of hydrogen-bond acceptors (Lipinski definition) is 4. The highest BCUT2D eigenvalue weighted by Crippen LogP contribution is 2.29. The Bertz CT molecular complexity index is 568. The highest BCUT2D eigenvalue weighted by atomic mass is 32.1. The third-order valence-corrected chi connectivity index (χ3v) is 4.29. The second kappa shape index (κ2) is 6.90. The molecule has 1 heterocycles. The molecule has 2 aromatic rings. The molecule has 1 unspecified atom stereocenters. The van der Waals surface area contributed by atoms with Gasteiger partial charge in [0, 0.05) is 5.56 Å². The van der Waals surface area contributed by atoms with Crippen LogP contribution in [0.1, 0.15) is 43.3 Å². The van der Waals surface area contributed by atoms with Crippen LogP contribution in [0.25, 0.3) is 10.6 Å². The first-order valence-corrected chi connectivity index (χ1v) is 7.80. The summed E-state index contributed by atoms with van der Waals surface area (Å²) in [4.78, 5) is 0. The van der Waals surface area contributed by atoms with Crippen LogP contribution in [0.5, 0.6) is 0 Å². The fraction of sp³-hybridized carbons (Fsp3) is 0.467. The SMILES string of the molecule is CCCNC(CC)c1nnc(-c2ccc(C)c(F)c2)s1. The van der Waals surface area contributed by atoms with Crippen LogP contribution in [-0.4, -0.2) is 16.7 Å². The van der Waals surface area contributed by atoms with Gasteiger partial charge in [0.15, 0.2) is 0 Å². The highest BCUT2D eigenvalue weighted by Gasteiger charge is 2.15. The van der Waals surface area contributed by atoms with Crippen molar-refractivity contribution in [3.05, 3.63) is 34.6 Å². The van der Waals surface area contributed by atoms with Gasteiger partial charge in [-0.05, 0) is 37.9 Å². The molecule has 1 aromatic heterocycles. The Morgan fingerprint density at radius 2 is 2.10 bits per heavy atom. The van der Waals surface area contributed by atoms with Gasteiger partial charge in [0.2, 0.25) is 0 Å². The summed E-state index contributed by atoms with van der Waals surface area (Å²) in [6.07, 6.45) is 2.06. The first-order chi connectivity index (χ1) is 9.65. The maximum Gasteiger partial charge on any atom is 0.147 e. The van der Waals surface area contributed by atoms with E-state index in [0.717, 1.165) is 35.0 Å². The standard InChI is InChI=1S/C15H20FN3S/c1-4-8-17-13(5-2)15-19-18-14(20-15)11-7-6-10(3)12(16)9-11/h6-7,9,13,17H,4-5,8H2,1-3H3. The molecule has 0 aliphatic rings. The summed E-state index contributed by atoms with van der Waals surface area (Å²) in [7, 11) is 0. The van der Waals surface area contributed by atoms with Gasteiger partial charge in [-0.25, -0.2) is 4.39 Å². The van der Waals surface area contributed by atoms with Crippen molar-refractivity contribution in [1.82, 2.24) is 15.5 Å². The fourth-order valence-corrected chi connectivity index (χ4v) is 2.94. The number of rotatable bonds is 6. The van der Waals surface area contributed by atoms with E-state index >= 15 is 0 Å². The predicted octanol–water partition coefficient (Wildman–Crippen LogP) is 4.10. The first-order valence-electron chi connectivity index (χ1n) is 6.99. The van der Waals surface area contributed by atoms with Crippen molar-refractivity contribution in [3.8, 4) is 10.6 Å². The summed E-state index contributed by atoms with van der Waals surface area (Å²) in [6, 6.07) is 5.43. The number of hydrogen-bond donors (Lipinski definition) is 1. The van der Waals surface area contributed by atoms with Crippen LogP contribution in [-0.2, 0) is 0 Å². The van der Waals surface area contributed by atoms with Crippen molar-refractivity contribution in [3.63, 3.8) is 0 Å². The molecule has 108 valence electrons. The lowest BCUT2D eigenvalue weighted by molar-refractivity contribution is 0.513. The van der Waals surface area contributed by atoms with E-state index in [1.165, 1.54) is 17.4 Å². The third kappa shape index (κ3) is 3.41. The average molecular weight is 293 g/mol. The van der Waals surface area contributed by atoms with Gasteiger partial charge in [0.25, 0.3) is 0 Å². The van der Waals surface area contributed by atoms with Gasteiger partial charge in [-0.3, -0.25) is 0 Å². The van der Waals surface area contributed by atoms with Crippen LogP contribution in [0.2, 0.25) is 0 Å². The van der Waals surface area contributed by atoms with Gasteiger partial charge >= 0.3 is 0 Å². The van der Waals surface area contributed by atoms with E-state index in [1.807, 2.05) is 6.07 Å². The third-order valence-electron chi connectivity index (χ3n) is 3.21. The van der Waals surface area contributed by atoms with Crippen LogP contribution in [0.15, 0.2) is 18.2 Å². The lowest BCUT2D eigenvalue weighted by Crippen LogP contribution is -2.21. The molecule has 0 aliphatic heterocycles.